The monoisotopic (exact) mass is 279 g/mol. The molecule has 0 fully saturated rings. The minimum absolute atomic E-state index is 0.0649. The zero-order valence-corrected chi connectivity index (χ0v) is 11.5. The lowest BCUT2D eigenvalue weighted by atomic mass is 10.1. The molecule has 1 N–H and O–H groups in total. The van der Waals surface area contributed by atoms with Crippen molar-refractivity contribution in [3.05, 3.63) is 40.0 Å². The zero-order valence-electron chi connectivity index (χ0n) is 10.7. The summed E-state index contributed by atoms with van der Waals surface area (Å²) in [4.78, 5) is 15.1. The number of carbonyl (C=O) groups is 1. The summed E-state index contributed by atoms with van der Waals surface area (Å²) in [6.07, 6.45) is 0.0649. The summed E-state index contributed by atoms with van der Waals surface area (Å²) in [6, 6.07) is 4.85. The lowest BCUT2D eigenvalue weighted by Crippen LogP contribution is -2.02. The summed E-state index contributed by atoms with van der Waals surface area (Å²) in [5.41, 5.74) is 2.19. The van der Waals surface area contributed by atoms with Gasteiger partial charge in [0.2, 0.25) is 0 Å². The number of halogens is 1. The SMILES string of the molecule is Cc1cc(-c2csc(C(C)CC(=O)O)n2)ccc1F. The Balaban J connectivity index is 2.25. The summed E-state index contributed by atoms with van der Waals surface area (Å²) >= 11 is 1.44. The zero-order chi connectivity index (χ0) is 14.0. The summed E-state index contributed by atoms with van der Waals surface area (Å²) < 4.78 is 13.2. The lowest BCUT2D eigenvalue weighted by molar-refractivity contribution is -0.137. The maximum absolute atomic E-state index is 13.2. The van der Waals surface area contributed by atoms with Gasteiger partial charge in [-0.05, 0) is 30.7 Å². The number of carboxylic acids is 1. The van der Waals surface area contributed by atoms with Crippen LogP contribution in [0.3, 0.4) is 0 Å². The van der Waals surface area contributed by atoms with Gasteiger partial charge >= 0.3 is 5.97 Å². The van der Waals surface area contributed by atoms with Crippen LogP contribution in [0, 0.1) is 12.7 Å². The van der Waals surface area contributed by atoms with Gasteiger partial charge < -0.3 is 5.11 Å². The Morgan fingerprint density at radius 1 is 1.53 bits per heavy atom. The number of benzene rings is 1. The first-order chi connectivity index (χ1) is 8.97. The molecule has 0 amide bonds. The molecule has 0 aliphatic carbocycles. The summed E-state index contributed by atoms with van der Waals surface area (Å²) in [5.74, 6) is -1.18. The Kier molecular flexibility index (Phi) is 3.95. The van der Waals surface area contributed by atoms with Crippen LogP contribution in [-0.4, -0.2) is 16.1 Å². The molecule has 0 spiro atoms. The van der Waals surface area contributed by atoms with Crippen LogP contribution in [0.1, 0.15) is 29.8 Å². The van der Waals surface area contributed by atoms with Crippen molar-refractivity contribution in [1.29, 1.82) is 0 Å². The van der Waals surface area contributed by atoms with Crippen LogP contribution < -0.4 is 0 Å². The molecule has 2 rings (SSSR count). The third-order valence-electron chi connectivity index (χ3n) is 2.88. The first kappa shape index (κ1) is 13.7. The number of carboxylic acid groups (broad SMARTS) is 1. The van der Waals surface area contributed by atoms with Crippen LogP contribution in [0.15, 0.2) is 23.6 Å². The van der Waals surface area contributed by atoms with Crippen LogP contribution in [0.25, 0.3) is 11.3 Å². The van der Waals surface area contributed by atoms with Gasteiger partial charge in [-0.2, -0.15) is 0 Å². The van der Waals surface area contributed by atoms with E-state index < -0.39 is 5.97 Å². The summed E-state index contributed by atoms with van der Waals surface area (Å²) in [7, 11) is 0. The molecule has 0 aliphatic heterocycles. The number of aliphatic carboxylic acids is 1. The highest BCUT2D eigenvalue weighted by Crippen LogP contribution is 2.28. The molecule has 5 heteroatoms. The molecule has 1 unspecified atom stereocenters. The van der Waals surface area contributed by atoms with E-state index in [1.165, 1.54) is 17.4 Å². The molecule has 100 valence electrons. The quantitative estimate of drug-likeness (QED) is 0.925. The minimum atomic E-state index is -0.832. The Morgan fingerprint density at radius 2 is 2.26 bits per heavy atom. The van der Waals surface area contributed by atoms with Gasteiger partial charge in [0.05, 0.1) is 17.1 Å². The number of thiazole rings is 1. The molecular formula is C14H14FNO2S. The van der Waals surface area contributed by atoms with Crippen LogP contribution in [0.2, 0.25) is 0 Å². The van der Waals surface area contributed by atoms with Crippen molar-refractivity contribution in [2.75, 3.05) is 0 Å². The maximum atomic E-state index is 13.2. The predicted octanol–water partition coefficient (Wildman–Crippen LogP) is 3.84. The van der Waals surface area contributed by atoms with Crippen molar-refractivity contribution in [3.8, 4) is 11.3 Å². The molecule has 0 saturated heterocycles. The molecule has 0 saturated carbocycles. The molecule has 0 aliphatic rings. The second kappa shape index (κ2) is 5.48. The Morgan fingerprint density at radius 3 is 2.89 bits per heavy atom. The molecule has 1 aromatic heterocycles. The van der Waals surface area contributed by atoms with E-state index in [0.717, 1.165) is 16.3 Å². The number of hydrogen-bond donors (Lipinski definition) is 1. The van der Waals surface area contributed by atoms with E-state index in [2.05, 4.69) is 4.98 Å². The van der Waals surface area contributed by atoms with E-state index in [4.69, 9.17) is 5.11 Å². The van der Waals surface area contributed by atoms with Crippen LogP contribution >= 0.6 is 11.3 Å². The number of rotatable bonds is 4. The Labute approximate surface area is 114 Å². The minimum Gasteiger partial charge on any atom is -0.481 e. The van der Waals surface area contributed by atoms with Crippen molar-refractivity contribution in [2.24, 2.45) is 0 Å². The fraction of sp³-hybridized carbons (Fsp3) is 0.286. The number of aromatic nitrogens is 1. The fourth-order valence-corrected chi connectivity index (χ4v) is 2.69. The van der Waals surface area contributed by atoms with Gasteiger partial charge in [-0.15, -0.1) is 11.3 Å². The molecule has 2 aromatic rings. The molecule has 3 nitrogen and oxygen atoms in total. The Hall–Kier alpha value is -1.75. The average Bonchev–Trinajstić information content (AvgIpc) is 2.81. The molecule has 0 radical (unpaired) electrons. The van der Waals surface area contributed by atoms with Crippen molar-refractivity contribution >= 4 is 17.3 Å². The van der Waals surface area contributed by atoms with E-state index in [-0.39, 0.29) is 18.2 Å². The number of hydrogen-bond acceptors (Lipinski definition) is 3. The molecule has 0 bridgehead atoms. The standard InChI is InChI=1S/C14H14FNO2S/c1-8-5-10(3-4-11(8)15)12-7-19-14(16-12)9(2)6-13(17)18/h3-5,7,9H,6H2,1-2H3,(H,17,18). The smallest absolute Gasteiger partial charge is 0.304 e. The second-order valence-electron chi connectivity index (χ2n) is 4.53. The largest absolute Gasteiger partial charge is 0.481 e. The van der Waals surface area contributed by atoms with E-state index in [9.17, 15) is 9.18 Å². The van der Waals surface area contributed by atoms with Gasteiger partial charge in [0, 0.05) is 16.9 Å². The number of nitrogens with zero attached hydrogens (tertiary/aromatic N) is 1. The van der Waals surface area contributed by atoms with Gasteiger partial charge in [-0.3, -0.25) is 4.79 Å². The fourth-order valence-electron chi connectivity index (χ4n) is 1.80. The average molecular weight is 279 g/mol. The highest BCUT2D eigenvalue weighted by molar-refractivity contribution is 7.10. The van der Waals surface area contributed by atoms with Crippen molar-refractivity contribution in [3.63, 3.8) is 0 Å². The first-order valence-electron chi connectivity index (χ1n) is 5.91. The summed E-state index contributed by atoms with van der Waals surface area (Å²) in [6.45, 7) is 3.55. The van der Waals surface area contributed by atoms with Crippen LogP contribution in [0.5, 0.6) is 0 Å². The molecule has 1 atom stereocenters. The highest BCUT2D eigenvalue weighted by atomic mass is 32.1. The highest BCUT2D eigenvalue weighted by Gasteiger charge is 2.15. The summed E-state index contributed by atoms with van der Waals surface area (Å²) in [5, 5.41) is 11.4. The predicted molar refractivity (Wildman–Crippen MR) is 72.9 cm³/mol. The molecule has 1 heterocycles. The van der Waals surface area contributed by atoms with Gasteiger partial charge in [0.1, 0.15) is 5.82 Å². The van der Waals surface area contributed by atoms with Gasteiger partial charge in [0.15, 0.2) is 0 Å². The number of aryl methyl sites for hydroxylation is 1. The molecule has 1 aromatic carbocycles. The van der Waals surface area contributed by atoms with E-state index in [0.29, 0.717) is 5.56 Å². The van der Waals surface area contributed by atoms with Crippen molar-refractivity contribution in [2.45, 2.75) is 26.2 Å². The van der Waals surface area contributed by atoms with E-state index in [1.807, 2.05) is 12.3 Å². The third kappa shape index (κ3) is 3.17. The molecular weight excluding hydrogens is 265 g/mol. The second-order valence-corrected chi connectivity index (χ2v) is 5.42. The first-order valence-corrected chi connectivity index (χ1v) is 6.79. The lowest BCUT2D eigenvalue weighted by Gasteiger charge is -2.03. The van der Waals surface area contributed by atoms with Crippen molar-refractivity contribution < 1.29 is 14.3 Å². The van der Waals surface area contributed by atoms with Gasteiger partial charge in [-0.1, -0.05) is 6.92 Å². The Bertz CT molecular complexity index is 609. The maximum Gasteiger partial charge on any atom is 0.304 e. The van der Waals surface area contributed by atoms with E-state index >= 15 is 0 Å². The van der Waals surface area contributed by atoms with Crippen LogP contribution in [-0.2, 0) is 4.79 Å². The van der Waals surface area contributed by atoms with E-state index in [1.54, 1.807) is 19.1 Å². The third-order valence-corrected chi connectivity index (χ3v) is 3.95. The topological polar surface area (TPSA) is 50.2 Å². The molecule has 19 heavy (non-hydrogen) atoms. The van der Waals surface area contributed by atoms with Gasteiger partial charge in [-0.25, -0.2) is 9.37 Å². The normalized spacial score (nSPS) is 12.4. The van der Waals surface area contributed by atoms with Crippen LogP contribution in [0.4, 0.5) is 4.39 Å². The van der Waals surface area contributed by atoms with Crippen molar-refractivity contribution in [1.82, 2.24) is 4.98 Å². The van der Waals surface area contributed by atoms with Gasteiger partial charge in [0.25, 0.3) is 0 Å².